The molecular weight excluding hydrogens is 243 g/mol. The Kier molecular flexibility index (Phi) is 3.85. The highest BCUT2D eigenvalue weighted by molar-refractivity contribution is 5.98. The number of aromatic carboxylic acids is 1. The Hall–Kier alpha value is -2.18. The number of nitrogens with zero attached hydrogens (tertiary/aromatic N) is 1. The van der Waals surface area contributed by atoms with E-state index in [1.54, 1.807) is 20.8 Å². The molecule has 98 valence electrons. The normalized spacial score (nSPS) is 10.9. The summed E-state index contributed by atoms with van der Waals surface area (Å²) < 4.78 is 18.2. The summed E-state index contributed by atoms with van der Waals surface area (Å²) in [5.74, 6) is -2.53. The number of hydrogen-bond donors (Lipinski definition) is 2. The third kappa shape index (κ3) is 3.69. The molecule has 2 N–H and O–H groups in total. The van der Waals surface area contributed by atoms with Crippen molar-refractivity contribution in [2.24, 2.45) is 0 Å². The van der Waals surface area contributed by atoms with Gasteiger partial charge in [-0.1, -0.05) is 0 Å². The van der Waals surface area contributed by atoms with Gasteiger partial charge in [0.05, 0.1) is 18.1 Å². The number of pyridine rings is 1. The molecule has 0 atom stereocenters. The fourth-order valence-corrected chi connectivity index (χ4v) is 1.16. The third-order valence-corrected chi connectivity index (χ3v) is 1.75. The average Bonchev–Trinajstić information content (AvgIpc) is 2.13. The van der Waals surface area contributed by atoms with Crippen LogP contribution in [-0.4, -0.2) is 27.8 Å². The van der Waals surface area contributed by atoms with Crippen LogP contribution in [0, 0.1) is 5.82 Å². The Morgan fingerprint density at radius 2 is 2.00 bits per heavy atom. The predicted molar refractivity (Wildman–Crippen MR) is 61.0 cm³/mol. The van der Waals surface area contributed by atoms with Gasteiger partial charge in [-0.15, -0.1) is 0 Å². The van der Waals surface area contributed by atoms with Crippen molar-refractivity contribution in [3.8, 4) is 0 Å². The summed E-state index contributed by atoms with van der Waals surface area (Å²) in [6, 6.07) is 0. The van der Waals surface area contributed by atoms with Crippen molar-refractivity contribution in [2.45, 2.75) is 26.4 Å². The number of anilines is 1. The van der Waals surface area contributed by atoms with Crippen LogP contribution in [0.1, 0.15) is 31.1 Å². The molecule has 1 rings (SSSR count). The number of ether oxygens (including phenoxy) is 1. The van der Waals surface area contributed by atoms with Crippen molar-refractivity contribution in [3.05, 3.63) is 23.8 Å². The maximum Gasteiger partial charge on any atom is 0.412 e. The molecule has 0 spiro atoms. The largest absolute Gasteiger partial charge is 0.478 e. The minimum atomic E-state index is -1.50. The van der Waals surface area contributed by atoms with Crippen LogP contribution in [0.3, 0.4) is 0 Å². The number of amides is 1. The highest BCUT2D eigenvalue weighted by atomic mass is 19.1. The molecule has 0 unspecified atom stereocenters. The van der Waals surface area contributed by atoms with Crippen LogP contribution in [0.2, 0.25) is 0 Å². The quantitative estimate of drug-likeness (QED) is 0.847. The zero-order chi connectivity index (χ0) is 13.9. The number of rotatable bonds is 2. The maximum atomic E-state index is 13.3. The standard InChI is InChI=1S/C11H13FN2O4/c1-11(2,3)18-10(17)14-7-5-13-4-6(12)8(7)9(15)16/h4-5H,1-3H3,(H,14,17)(H,15,16). The molecule has 1 aromatic rings. The molecule has 1 aromatic heterocycles. The van der Waals surface area contributed by atoms with Gasteiger partial charge in [0.2, 0.25) is 0 Å². The van der Waals surface area contributed by atoms with Gasteiger partial charge >= 0.3 is 12.1 Å². The van der Waals surface area contributed by atoms with Crippen LogP contribution < -0.4 is 5.32 Å². The minimum Gasteiger partial charge on any atom is -0.478 e. The summed E-state index contributed by atoms with van der Waals surface area (Å²) in [4.78, 5) is 25.8. The van der Waals surface area contributed by atoms with E-state index in [4.69, 9.17) is 9.84 Å². The zero-order valence-electron chi connectivity index (χ0n) is 10.2. The van der Waals surface area contributed by atoms with Crippen molar-refractivity contribution in [1.82, 2.24) is 4.98 Å². The van der Waals surface area contributed by atoms with E-state index in [0.29, 0.717) is 0 Å². The van der Waals surface area contributed by atoms with Crippen LogP contribution in [0.25, 0.3) is 0 Å². The molecule has 0 saturated carbocycles. The van der Waals surface area contributed by atoms with Crippen molar-refractivity contribution in [3.63, 3.8) is 0 Å². The first-order valence-electron chi connectivity index (χ1n) is 5.07. The second kappa shape index (κ2) is 4.99. The third-order valence-electron chi connectivity index (χ3n) is 1.75. The van der Waals surface area contributed by atoms with Crippen molar-refractivity contribution >= 4 is 17.7 Å². The molecular formula is C11H13FN2O4. The van der Waals surface area contributed by atoms with E-state index in [2.05, 4.69) is 10.3 Å². The number of carboxylic acid groups (broad SMARTS) is 1. The van der Waals surface area contributed by atoms with Gasteiger partial charge in [-0.25, -0.2) is 14.0 Å². The number of carboxylic acids is 1. The topological polar surface area (TPSA) is 88.5 Å². The van der Waals surface area contributed by atoms with Crippen molar-refractivity contribution in [1.29, 1.82) is 0 Å². The molecule has 0 aliphatic rings. The Balaban J connectivity index is 2.95. The van der Waals surface area contributed by atoms with Gasteiger partial charge in [0.1, 0.15) is 11.2 Å². The zero-order valence-corrected chi connectivity index (χ0v) is 10.2. The number of nitrogens with one attached hydrogen (secondary N) is 1. The van der Waals surface area contributed by atoms with Gasteiger partial charge in [-0.2, -0.15) is 0 Å². The number of carbonyl (C=O) groups excluding carboxylic acids is 1. The maximum absolute atomic E-state index is 13.3. The Morgan fingerprint density at radius 1 is 1.39 bits per heavy atom. The molecule has 0 fully saturated rings. The van der Waals surface area contributed by atoms with Crippen molar-refractivity contribution in [2.75, 3.05) is 5.32 Å². The lowest BCUT2D eigenvalue weighted by Crippen LogP contribution is -2.28. The van der Waals surface area contributed by atoms with E-state index in [0.717, 1.165) is 12.4 Å². The lowest BCUT2D eigenvalue weighted by atomic mass is 10.2. The molecule has 1 amide bonds. The molecule has 0 aromatic carbocycles. The number of halogens is 1. The summed E-state index contributed by atoms with van der Waals surface area (Å²) >= 11 is 0. The Bertz CT molecular complexity index is 482. The van der Waals surface area contributed by atoms with Crippen LogP contribution in [0.5, 0.6) is 0 Å². The first-order chi connectivity index (χ1) is 8.20. The molecule has 0 aliphatic heterocycles. The van der Waals surface area contributed by atoms with E-state index >= 15 is 0 Å². The summed E-state index contributed by atoms with van der Waals surface area (Å²) in [5, 5.41) is 11.0. The van der Waals surface area contributed by atoms with E-state index in [1.807, 2.05) is 0 Å². The second-order valence-electron chi connectivity index (χ2n) is 4.48. The highest BCUT2D eigenvalue weighted by Gasteiger charge is 2.21. The van der Waals surface area contributed by atoms with Crippen LogP contribution >= 0.6 is 0 Å². The summed E-state index contributed by atoms with van der Waals surface area (Å²) in [5.41, 5.74) is -1.65. The minimum absolute atomic E-state index is 0.253. The molecule has 1 heterocycles. The monoisotopic (exact) mass is 256 g/mol. The molecule has 0 aliphatic carbocycles. The van der Waals surface area contributed by atoms with Crippen LogP contribution in [0.4, 0.5) is 14.9 Å². The van der Waals surface area contributed by atoms with Crippen LogP contribution in [-0.2, 0) is 4.74 Å². The number of carbonyl (C=O) groups is 2. The summed E-state index contributed by atoms with van der Waals surface area (Å²) in [6.45, 7) is 4.94. The second-order valence-corrected chi connectivity index (χ2v) is 4.48. The van der Waals surface area contributed by atoms with E-state index in [9.17, 15) is 14.0 Å². The smallest absolute Gasteiger partial charge is 0.412 e. The lowest BCUT2D eigenvalue weighted by molar-refractivity contribution is 0.0636. The Morgan fingerprint density at radius 3 is 2.50 bits per heavy atom. The highest BCUT2D eigenvalue weighted by Crippen LogP contribution is 2.18. The number of aromatic nitrogens is 1. The number of hydrogen-bond acceptors (Lipinski definition) is 4. The van der Waals surface area contributed by atoms with E-state index in [1.165, 1.54) is 0 Å². The van der Waals surface area contributed by atoms with Gasteiger partial charge in [0.25, 0.3) is 0 Å². The first-order valence-corrected chi connectivity index (χ1v) is 5.07. The molecule has 18 heavy (non-hydrogen) atoms. The molecule has 0 saturated heterocycles. The first kappa shape index (κ1) is 13.9. The summed E-state index contributed by atoms with van der Waals surface area (Å²) in [7, 11) is 0. The van der Waals surface area contributed by atoms with E-state index < -0.39 is 29.0 Å². The SMILES string of the molecule is CC(C)(C)OC(=O)Nc1cncc(F)c1C(=O)O. The van der Waals surface area contributed by atoms with Crippen LogP contribution in [0.15, 0.2) is 12.4 Å². The fourth-order valence-electron chi connectivity index (χ4n) is 1.16. The summed E-state index contributed by atoms with van der Waals surface area (Å²) in [6.07, 6.45) is 0.914. The molecule has 6 nitrogen and oxygen atoms in total. The van der Waals surface area contributed by atoms with Gasteiger partial charge in [0.15, 0.2) is 5.82 Å². The van der Waals surface area contributed by atoms with Gasteiger partial charge < -0.3 is 9.84 Å². The Labute approximate surface area is 103 Å². The molecule has 7 heteroatoms. The average molecular weight is 256 g/mol. The van der Waals surface area contributed by atoms with Gasteiger partial charge in [0, 0.05) is 0 Å². The lowest BCUT2D eigenvalue weighted by Gasteiger charge is -2.20. The van der Waals surface area contributed by atoms with Gasteiger partial charge in [-0.05, 0) is 20.8 Å². The fraction of sp³-hybridized carbons (Fsp3) is 0.364. The van der Waals surface area contributed by atoms with Gasteiger partial charge in [-0.3, -0.25) is 10.3 Å². The van der Waals surface area contributed by atoms with E-state index in [-0.39, 0.29) is 5.69 Å². The molecule has 0 bridgehead atoms. The predicted octanol–water partition coefficient (Wildman–Crippen LogP) is 2.27. The molecule has 0 radical (unpaired) electrons. The van der Waals surface area contributed by atoms with Crippen molar-refractivity contribution < 1.29 is 23.8 Å².